The molecule has 3 N–H and O–H groups in total. The lowest BCUT2D eigenvalue weighted by Crippen LogP contribution is -2.62. The third kappa shape index (κ3) is 7.81. The Labute approximate surface area is 329 Å². The molecule has 4 atom stereocenters. The number of H-pyrrole nitrogens is 1. The van der Waals surface area contributed by atoms with Crippen LogP contribution in [-0.2, 0) is 19.1 Å². The van der Waals surface area contributed by atoms with E-state index in [4.69, 9.17) is 19.5 Å². The van der Waals surface area contributed by atoms with Crippen LogP contribution in [0.2, 0.25) is 0 Å². The highest BCUT2D eigenvalue weighted by molar-refractivity contribution is 6.04. The molecule has 4 amide bonds. The number of aliphatic imine (C=N–C) groups is 1. The first kappa shape index (κ1) is 40.2. The van der Waals surface area contributed by atoms with Gasteiger partial charge >= 0.3 is 12.2 Å². The highest BCUT2D eigenvalue weighted by Gasteiger charge is 2.47. The molecule has 2 unspecified atom stereocenters. The first-order valence-corrected chi connectivity index (χ1v) is 19.6. The van der Waals surface area contributed by atoms with E-state index in [0.717, 1.165) is 70.7 Å². The largest absolute Gasteiger partial charge is 0.453 e. The summed E-state index contributed by atoms with van der Waals surface area (Å²) >= 11 is 0. The molecule has 2 fully saturated rings. The van der Waals surface area contributed by atoms with Crippen LogP contribution < -0.4 is 10.6 Å². The van der Waals surface area contributed by atoms with Gasteiger partial charge in [-0.3, -0.25) is 14.6 Å². The molecule has 4 heterocycles. The number of imidazole rings is 1. The van der Waals surface area contributed by atoms with Gasteiger partial charge in [0.2, 0.25) is 11.8 Å². The van der Waals surface area contributed by atoms with E-state index in [1.165, 1.54) is 14.2 Å². The Morgan fingerprint density at radius 3 is 1.70 bits per heavy atom. The lowest BCUT2D eigenvalue weighted by molar-refractivity contribution is -0.140. The Morgan fingerprint density at radius 2 is 1.20 bits per heavy atom. The number of aromatic nitrogens is 2. The molecule has 13 nitrogen and oxygen atoms in total. The van der Waals surface area contributed by atoms with E-state index in [-0.39, 0.29) is 35.7 Å². The molecule has 298 valence electrons. The molecule has 13 heteroatoms. The number of carbonyl (C=O) groups excluding carboxylic acids is 4. The summed E-state index contributed by atoms with van der Waals surface area (Å²) in [6.45, 7) is 12.4. The predicted octanol–water partition coefficient (Wildman–Crippen LogP) is 7.13. The number of aromatic amines is 1. The second-order valence-electron chi connectivity index (χ2n) is 16.0. The molecule has 2 aromatic carbocycles. The molecular weight excluding hydrogens is 711 g/mol. The lowest BCUT2D eigenvalue weighted by atomic mass is 9.86. The van der Waals surface area contributed by atoms with Crippen LogP contribution in [0.15, 0.2) is 65.9 Å². The van der Waals surface area contributed by atoms with Gasteiger partial charge in [0.25, 0.3) is 0 Å². The van der Waals surface area contributed by atoms with Crippen molar-refractivity contribution in [3.8, 4) is 22.4 Å². The Bertz CT molecular complexity index is 2000. The average Bonchev–Trinajstić information content (AvgIpc) is 4.04. The van der Waals surface area contributed by atoms with Gasteiger partial charge in [-0.05, 0) is 79.2 Å². The second kappa shape index (κ2) is 16.3. The van der Waals surface area contributed by atoms with Crippen molar-refractivity contribution in [1.82, 2.24) is 30.4 Å². The van der Waals surface area contributed by atoms with Crippen molar-refractivity contribution in [3.05, 3.63) is 72.3 Å². The summed E-state index contributed by atoms with van der Waals surface area (Å²) in [5, 5.41) is 5.56. The van der Waals surface area contributed by atoms with E-state index >= 15 is 0 Å². The molecule has 56 heavy (non-hydrogen) atoms. The summed E-state index contributed by atoms with van der Waals surface area (Å²) in [4.78, 5) is 68.7. The summed E-state index contributed by atoms with van der Waals surface area (Å²) < 4.78 is 9.65. The second-order valence-corrected chi connectivity index (χ2v) is 16.0. The maximum Gasteiger partial charge on any atom is 0.407 e. The molecule has 0 spiro atoms. The number of ether oxygens (including phenoxy) is 2. The monoisotopic (exact) mass is 765 g/mol. The molecule has 3 aliphatic rings. The number of amides is 4. The van der Waals surface area contributed by atoms with E-state index < -0.39 is 23.3 Å². The Balaban J connectivity index is 1.09. The minimum atomic E-state index is -1.12. The fraction of sp³-hybridized carbons (Fsp3) is 0.488. The van der Waals surface area contributed by atoms with Gasteiger partial charge in [0.05, 0.1) is 38.2 Å². The van der Waals surface area contributed by atoms with Gasteiger partial charge < -0.3 is 34.9 Å². The Kier molecular flexibility index (Phi) is 11.7. The molecule has 0 radical (unpaired) electrons. The first-order valence-electron chi connectivity index (χ1n) is 19.6. The minimum Gasteiger partial charge on any atom is -0.453 e. The van der Waals surface area contributed by atoms with Crippen molar-refractivity contribution in [2.24, 2.45) is 16.8 Å². The van der Waals surface area contributed by atoms with Gasteiger partial charge in [-0.1, -0.05) is 76.2 Å². The van der Waals surface area contributed by atoms with Crippen LogP contribution in [0.4, 0.5) is 9.59 Å². The van der Waals surface area contributed by atoms with Crippen LogP contribution in [0, 0.1) is 11.8 Å². The number of nitrogens with one attached hydrogen (secondary N) is 3. The topological polar surface area (TPSA) is 158 Å². The number of allylic oxidation sites excluding steroid dienone is 1. The summed E-state index contributed by atoms with van der Waals surface area (Å²) in [6, 6.07) is 16.4. The number of nitrogens with zero attached hydrogens (tertiary/aromatic N) is 4. The standard InChI is InChI=1S/C43H55N7O6/c1-26(2)42(5,47-40(53)55-7)38(51)49-21-9-11-35(49)33-23-32(24-44-33)30-15-13-28(14-16-30)29-17-19-31(20-18-29)34-25-45-37(46-34)36-12-10-22-50(36)39(52)43(6,27(3)4)48-41(54)56-8/h13-20,24-27,35-36H,9-12,21-23H2,1-8H3,(H,45,46)(H,47,53)(H,48,54)/t35?,36?,42-,43-/m0/s1. The van der Waals surface area contributed by atoms with Gasteiger partial charge in [-0.15, -0.1) is 0 Å². The van der Waals surface area contributed by atoms with E-state index in [1.54, 1.807) is 13.8 Å². The molecule has 3 aromatic rings. The molecule has 1 aromatic heterocycles. The van der Waals surface area contributed by atoms with Crippen LogP contribution in [0.5, 0.6) is 0 Å². The predicted molar refractivity (Wildman–Crippen MR) is 215 cm³/mol. The smallest absolute Gasteiger partial charge is 0.407 e. The van der Waals surface area contributed by atoms with Gasteiger partial charge in [0.1, 0.15) is 16.9 Å². The normalized spacial score (nSPS) is 20.3. The van der Waals surface area contributed by atoms with Crippen molar-refractivity contribution < 1.29 is 28.7 Å². The average molecular weight is 766 g/mol. The molecule has 0 saturated carbocycles. The van der Waals surface area contributed by atoms with Crippen LogP contribution in [0.1, 0.15) is 91.1 Å². The van der Waals surface area contributed by atoms with Crippen LogP contribution in [0.25, 0.3) is 28.0 Å². The summed E-state index contributed by atoms with van der Waals surface area (Å²) in [5.41, 5.74) is 4.94. The number of methoxy groups -OCH3 is 2. The van der Waals surface area contributed by atoms with Crippen LogP contribution in [-0.4, -0.2) is 93.9 Å². The molecule has 2 saturated heterocycles. The van der Waals surface area contributed by atoms with Gasteiger partial charge in [-0.2, -0.15) is 0 Å². The number of hydrogen-bond donors (Lipinski definition) is 3. The zero-order valence-electron chi connectivity index (χ0n) is 33.8. The zero-order chi connectivity index (χ0) is 40.4. The molecule has 0 bridgehead atoms. The Morgan fingerprint density at radius 1 is 0.732 bits per heavy atom. The van der Waals surface area contributed by atoms with Crippen LogP contribution in [0.3, 0.4) is 0 Å². The number of rotatable bonds is 11. The maximum atomic E-state index is 13.9. The quantitative estimate of drug-likeness (QED) is 0.188. The molecule has 3 aliphatic heterocycles. The third-order valence-electron chi connectivity index (χ3n) is 12.2. The highest BCUT2D eigenvalue weighted by atomic mass is 16.5. The number of hydrogen-bond acceptors (Lipinski definition) is 8. The number of alkyl carbamates (subject to hydrolysis) is 2. The SMILES string of the molecule is COC(=O)N[C@](C)(C(=O)N1CCCC1C1=NC=C(c2ccc(-c3ccc(-c4cnc(C5CCCN5C(=O)[C@@](C)(NC(=O)OC)C(C)C)[nH]4)cc3)cc2)C1)C(C)C. The fourth-order valence-corrected chi connectivity index (χ4v) is 7.86. The van der Waals surface area contributed by atoms with Crippen molar-refractivity contribution in [2.75, 3.05) is 27.3 Å². The zero-order valence-corrected chi connectivity index (χ0v) is 33.8. The van der Waals surface area contributed by atoms with Gasteiger partial charge in [-0.25, -0.2) is 14.6 Å². The van der Waals surface area contributed by atoms with E-state index in [2.05, 4.69) is 64.1 Å². The summed E-state index contributed by atoms with van der Waals surface area (Å²) in [5.74, 6) is 0.157. The summed E-state index contributed by atoms with van der Waals surface area (Å²) in [7, 11) is 2.60. The van der Waals surface area contributed by atoms with E-state index in [9.17, 15) is 19.2 Å². The van der Waals surface area contributed by atoms with Crippen molar-refractivity contribution >= 4 is 35.3 Å². The summed E-state index contributed by atoms with van der Waals surface area (Å²) in [6.07, 6.45) is 6.45. The molecule has 0 aliphatic carbocycles. The minimum absolute atomic E-state index is 0.117. The van der Waals surface area contributed by atoms with Gasteiger partial charge in [0.15, 0.2) is 0 Å². The van der Waals surface area contributed by atoms with E-state index in [1.807, 2.05) is 49.9 Å². The molecular formula is C43H55N7O6. The number of likely N-dealkylation sites (tertiary alicyclic amines) is 2. The Hall–Kier alpha value is -5.46. The number of benzene rings is 2. The molecule has 6 rings (SSSR count). The highest BCUT2D eigenvalue weighted by Crippen LogP contribution is 2.36. The lowest BCUT2D eigenvalue weighted by Gasteiger charge is -2.38. The van der Waals surface area contributed by atoms with Crippen molar-refractivity contribution in [2.45, 2.75) is 96.8 Å². The first-order chi connectivity index (χ1) is 26.7. The van der Waals surface area contributed by atoms with Gasteiger partial charge in [0, 0.05) is 31.4 Å². The van der Waals surface area contributed by atoms with Crippen molar-refractivity contribution in [1.29, 1.82) is 0 Å². The van der Waals surface area contributed by atoms with E-state index in [0.29, 0.717) is 19.5 Å². The third-order valence-corrected chi connectivity index (χ3v) is 12.2. The van der Waals surface area contributed by atoms with Crippen molar-refractivity contribution in [3.63, 3.8) is 0 Å². The fourth-order valence-electron chi connectivity index (χ4n) is 7.86. The maximum absolute atomic E-state index is 13.9. The van der Waals surface area contributed by atoms with Crippen LogP contribution >= 0.6 is 0 Å². The number of carbonyl (C=O) groups is 4.